The van der Waals surface area contributed by atoms with Gasteiger partial charge in [-0.2, -0.15) is 0 Å². The Balaban J connectivity index is 2.15. The van der Waals surface area contributed by atoms with Gasteiger partial charge < -0.3 is 14.9 Å². The van der Waals surface area contributed by atoms with Crippen molar-refractivity contribution >= 4 is 11.8 Å². The molecule has 0 bridgehead atoms. The van der Waals surface area contributed by atoms with E-state index in [1.165, 1.54) is 5.69 Å². The van der Waals surface area contributed by atoms with Crippen LogP contribution in [0.5, 0.6) is 0 Å². The zero-order valence-corrected chi connectivity index (χ0v) is 13.3. The van der Waals surface area contributed by atoms with Gasteiger partial charge in [0.2, 0.25) is 0 Å². The highest BCUT2D eigenvalue weighted by Crippen LogP contribution is 2.25. The van der Waals surface area contributed by atoms with Gasteiger partial charge in [-0.3, -0.25) is 0 Å². The summed E-state index contributed by atoms with van der Waals surface area (Å²) in [6, 6.07) is 0.719. The second-order valence-corrected chi connectivity index (χ2v) is 6.18. The lowest BCUT2D eigenvalue weighted by Crippen LogP contribution is -2.11. The molecule has 2 N–H and O–H groups in total. The minimum absolute atomic E-state index is 0.307. The van der Waals surface area contributed by atoms with E-state index in [-0.39, 0.29) is 0 Å². The minimum atomic E-state index is 0.307. The standard InChI is InChI=1S/C13H22N6S/c1-9(2)18-8-15-6-11(18)7-20-13-17-16-12(5-14)19(13)10(3)4/h6,8-10H,5,7,14H2,1-4H3. The first-order valence-corrected chi connectivity index (χ1v) is 7.80. The predicted molar refractivity (Wildman–Crippen MR) is 80.5 cm³/mol. The molecule has 0 aliphatic carbocycles. The second-order valence-electron chi connectivity index (χ2n) is 5.24. The van der Waals surface area contributed by atoms with E-state index in [0.717, 1.165) is 16.7 Å². The first-order valence-electron chi connectivity index (χ1n) is 6.82. The Morgan fingerprint density at radius 2 is 1.95 bits per heavy atom. The molecule has 110 valence electrons. The summed E-state index contributed by atoms with van der Waals surface area (Å²) in [6.45, 7) is 8.95. The molecular weight excluding hydrogens is 272 g/mol. The summed E-state index contributed by atoms with van der Waals surface area (Å²) < 4.78 is 4.27. The molecule has 0 aliphatic heterocycles. The smallest absolute Gasteiger partial charge is 0.191 e. The topological polar surface area (TPSA) is 74.6 Å². The summed E-state index contributed by atoms with van der Waals surface area (Å²) in [5, 5.41) is 9.32. The molecule has 2 aromatic heterocycles. The molecule has 0 unspecified atom stereocenters. The summed E-state index contributed by atoms with van der Waals surface area (Å²) in [5.74, 6) is 1.66. The molecule has 0 amide bonds. The van der Waals surface area contributed by atoms with Gasteiger partial charge in [-0.25, -0.2) is 4.98 Å². The van der Waals surface area contributed by atoms with Gasteiger partial charge >= 0.3 is 0 Å². The van der Waals surface area contributed by atoms with Crippen molar-refractivity contribution in [1.29, 1.82) is 0 Å². The van der Waals surface area contributed by atoms with Gasteiger partial charge in [0.25, 0.3) is 0 Å². The van der Waals surface area contributed by atoms with Crippen molar-refractivity contribution in [3.05, 3.63) is 24.0 Å². The average molecular weight is 294 g/mol. The lowest BCUT2D eigenvalue weighted by Gasteiger charge is -2.14. The Bertz CT molecular complexity index is 557. The Morgan fingerprint density at radius 3 is 2.55 bits per heavy atom. The highest BCUT2D eigenvalue weighted by Gasteiger charge is 2.15. The molecule has 20 heavy (non-hydrogen) atoms. The molecule has 2 rings (SSSR count). The zero-order valence-electron chi connectivity index (χ0n) is 12.4. The van der Waals surface area contributed by atoms with E-state index < -0.39 is 0 Å². The lowest BCUT2D eigenvalue weighted by atomic mass is 10.4. The van der Waals surface area contributed by atoms with E-state index in [1.54, 1.807) is 11.8 Å². The van der Waals surface area contributed by atoms with E-state index in [1.807, 2.05) is 12.5 Å². The number of hydrogen-bond donors (Lipinski definition) is 1. The molecule has 0 atom stereocenters. The van der Waals surface area contributed by atoms with Crippen LogP contribution in [-0.4, -0.2) is 24.3 Å². The molecule has 2 heterocycles. The van der Waals surface area contributed by atoms with Crippen LogP contribution in [-0.2, 0) is 12.3 Å². The first kappa shape index (κ1) is 15.1. The Hall–Kier alpha value is -1.34. The Kier molecular flexibility index (Phi) is 4.82. The van der Waals surface area contributed by atoms with Crippen molar-refractivity contribution in [2.45, 2.75) is 57.2 Å². The number of nitrogens with two attached hydrogens (primary N) is 1. The van der Waals surface area contributed by atoms with E-state index >= 15 is 0 Å². The molecule has 0 saturated heterocycles. The van der Waals surface area contributed by atoms with Crippen LogP contribution in [0.1, 0.15) is 51.3 Å². The van der Waals surface area contributed by atoms with E-state index in [2.05, 4.69) is 52.0 Å². The van der Waals surface area contributed by atoms with Crippen molar-refractivity contribution in [2.75, 3.05) is 0 Å². The summed E-state index contributed by atoms with van der Waals surface area (Å²) in [7, 11) is 0. The maximum atomic E-state index is 5.71. The van der Waals surface area contributed by atoms with Gasteiger partial charge in [0, 0.05) is 29.7 Å². The van der Waals surface area contributed by atoms with Crippen molar-refractivity contribution in [3.8, 4) is 0 Å². The number of rotatable bonds is 6. The fourth-order valence-electron chi connectivity index (χ4n) is 2.11. The molecule has 0 spiro atoms. The molecule has 0 saturated carbocycles. The lowest BCUT2D eigenvalue weighted by molar-refractivity contribution is 0.525. The quantitative estimate of drug-likeness (QED) is 0.828. The van der Waals surface area contributed by atoms with Crippen LogP contribution in [0.3, 0.4) is 0 Å². The van der Waals surface area contributed by atoms with Gasteiger partial charge in [0.05, 0.1) is 12.9 Å². The number of nitrogens with zero attached hydrogens (tertiary/aromatic N) is 5. The zero-order chi connectivity index (χ0) is 14.7. The summed E-state index contributed by atoms with van der Waals surface area (Å²) in [5.41, 5.74) is 6.90. The molecule has 6 nitrogen and oxygen atoms in total. The van der Waals surface area contributed by atoms with Gasteiger partial charge in [-0.05, 0) is 27.7 Å². The van der Waals surface area contributed by atoms with Crippen LogP contribution in [0, 0.1) is 0 Å². The maximum absolute atomic E-state index is 5.71. The fourth-order valence-corrected chi connectivity index (χ4v) is 3.17. The molecule has 0 fully saturated rings. The van der Waals surface area contributed by atoms with Crippen LogP contribution in [0.4, 0.5) is 0 Å². The minimum Gasteiger partial charge on any atom is -0.331 e. The van der Waals surface area contributed by atoms with E-state index in [9.17, 15) is 0 Å². The highest BCUT2D eigenvalue weighted by atomic mass is 32.2. The van der Waals surface area contributed by atoms with Crippen LogP contribution in [0.2, 0.25) is 0 Å². The third-order valence-electron chi connectivity index (χ3n) is 3.09. The number of aromatic nitrogens is 5. The molecule has 0 aromatic carbocycles. The Labute approximate surface area is 123 Å². The largest absolute Gasteiger partial charge is 0.331 e. The van der Waals surface area contributed by atoms with Gasteiger partial charge in [-0.15, -0.1) is 10.2 Å². The van der Waals surface area contributed by atoms with Crippen molar-refractivity contribution < 1.29 is 0 Å². The normalized spacial score (nSPS) is 11.8. The summed E-state index contributed by atoms with van der Waals surface area (Å²) >= 11 is 1.67. The number of imidazole rings is 1. The van der Waals surface area contributed by atoms with Crippen molar-refractivity contribution in [1.82, 2.24) is 24.3 Å². The summed E-state index contributed by atoms with van der Waals surface area (Å²) in [4.78, 5) is 4.22. The number of hydrogen-bond acceptors (Lipinski definition) is 5. The van der Waals surface area contributed by atoms with Crippen LogP contribution < -0.4 is 5.73 Å². The van der Waals surface area contributed by atoms with Crippen LogP contribution in [0.15, 0.2) is 17.7 Å². The summed E-state index contributed by atoms with van der Waals surface area (Å²) in [6.07, 6.45) is 3.78. The predicted octanol–water partition coefficient (Wildman–Crippen LogP) is 2.39. The first-order chi connectivity index (χ1) is 9.54. The third-order valence-corrected chi connectivity index (χ3v) is 4.06. The SMILES string of the molecule is CC(C)n1cncc1CSc1nnc(CN)n1C(C)C. The highest BCUT2D eigenvalue weighted by molar-refractivity contribution is 7.98. The molecule has 0 aliphatic rings. The monoisotopic (exact) mass is 294 g/mol. The van der Waals surface area contributed by atoms with Crippen LogP contribution >= 0.6 is 11.8 Å². The third kappa shape index (κ3) is 3.04. The van der Waals surface area contributed by atoms with Gasteiger partial charge in [0.15, 0.2) is 5.16 Å². The molecular formula is C13H22N6S. The van der Waals surface area contributed by atoms with Crippen molar-refractivity contribution in [3.63, 3.8) is 0 Å². The molecule has 0 radical (unpaired) electrons. The van der Waals surface area contributed by atoms with E-state index in [0.29, 0.717) is 18.6 Å². The van der Waals surface area contributed by atoms with Gasteiger partial charge in [-0.1, -0.05) is 11.8 Å². The molecule has 7 heteroatoms. The average Bonchev–Trinajstić information content (AvgIpc) is 3.02. The molecule has 2 aromatic rings. The maximum Gasteiger partial charge on any atom is 0.191 e. The van der Waals surface area contributed by atoms with Crippen molar-refractivity contribution in [2.24, 2.45) is 5.73 Å². The van der Waals surface area contributed by atoms with Gasteiger partial charge in [0.1, 0.15) is 5.82 Å². The number of thioether (sulfide) groups is 1. The second kappa shape index (κ2) is 6.41. The van der Waals surface area contributed by atoms with Crippen LogP contribution in [0.25, 0.3) is 0 Å². The Morgan fingerprint density at radius 1 is 1.20 bits per heavy atom. The van der Waals surface area contributed by atoms with E-state index in [4.69, 9.17) is 5.73 Å². The fraction of sp³-hybridized carbons (Fsp3) is 0.615.